The Hall–Kier alpha value is -0.200. The van der Waals surface area contributed by atoms with Gasteiger partial charge in [0.15, 0.2) is 0 Å². The van der Waals surface area contributed by atoms with Gasteiger partial charge in [0.2, 0.25) is 0 Å². The van der Waals surface area contributed by atoms with Crippen LogP contribution in [0.3, 0.4) is 0 Å². The Balaban J connectivity index is 2.88. The van der Waals surface area contributed by atoms with E-state index in [1.165, 1.54) is 0 Å². The van der Waals surface area contributed by atoms with Crippen LogP contribution in [0.2, 0.25) is 0 Å². The lowest BCUT2D eigenvalue weighted by atomic mass is 10.3. The van der Waals surface area contributed by atoms with Crippen LogP contribution in [0.4, 0.5) is 0 Å². The van der Waals surface area contributed by atoms with E-state index in [0.717, 1.165) is 10.6 Å². The first-order chi connectivity index (χ1) is 4.33. The molecule has 0 radical (unpaired) electrons. The van der Waals surface area contributed by atoms with E-state index in [-0.39, 0.29) is 0 Å². The van der Waals surface area contributed by atoms with Crippen molar-refractivity contribution < 1.29 is 4.52 Å². The summed E-state index contributed by atoms with van der Waals surface area (Å²) in [6.45, 7) is 0. The van der Waals surface area contributed by atoms with Crippen molar-refractivity contribution in [1.29, 1.82) is 0 Å². The number of benzene rings is 1. The largest absolute Gasteiger partial charge is 0.480 e. The normalized spacial score (nSPS) is 9.11. The first kappa shape index (κ1) is 6.91. The van der Waals surface area contributed by atoms with E-state index >= 15 is 0 Å². The predicted molar refractivity (Wildman–Crippen MR) is 44.0 cm³/mol. The first-order valence-corrected chi connectivity index (χ1v) is 3.40. The molecule has 0 saturated carbocycles. The van der Waals surface area contributed by atoms with Crippen molar-refractivity contribution >= 4 is 22.1 Å². The topological polar surface area (TPSA) is 9.23 Å². The van der Waals surface area contributed by atoms with Gasteiger partial charge in [-0.15, -0.1) is 12.6 Å². The fourth-order valence-electron chi connectivity index (χ4n) is 0.525. The van der Waals surface area contributed by atoms with Crippen molar-refractivity contribution in [2.75, 3.05) is 0 Å². The summed E-state index contributed by atoms with van der Waals surface area (Å²) in [6.07, 6.45) is 0. The number of thiol groups is 1. The standard InChI is InChI=1S/C6H7OPS/c8-7-5-1-3-6(9)4-2-5/h1-4,9H,8H2. The average Bonchev–Trinajstić information content (AvgIpc) is 1.90. The zero-order chi connectivity index (χ0) is 6.69. The van der Waals surface area contributed by atoms with Crippen LogP contribution in [0.5, 0.6) is 5.75 Å². The molecular formula is C6H7OPS. The Morgan fingerprint density at radius 3 is 2.22 bits per heavy atom. The molecular weight excluding hydrogens is 151 g/mol. The summed E-state index contributed by atoms with van der Waals surface area (Å²) in [5.74, 6) is 0.831. The second kappa shape index (κ2) is 3.09. The Labute approximate surface area is 62.1 Å². The van der Waals surface area contributed by atoms with Crippen molar-refractivity contribution in [2.24, 2.45) is 0 Å². The van der Waals surface area contributed by atoms with E-state index in [9.17, 15) is 0 Å². The first-order valence-electron chi connectivity index (χ1n) is 2.48. The molecule has 0 amide bonds. The van der Waals surface area contributed by atoms with E-state index in [1.807, 2.05) is 24.3 Å². The zero-order valence-electron chi connectivity index (χ0n) is 4.74. The van der Waals surface area contributed by atoms with Crippen molar-refractivity contribution in [3.63, 3.8) is 0 Å². The van der Waals surface area contributed by atoms with Gasteiger partial charge in [0.05, 0.1) is 9.47 Å². The Morgan fingerprint density at radius 2 is 1.78 bits per heavy atom. The molecule has 1 atom stereocenters. The maximum Gasteiger partial charge on any atom is 0.122 e. The Kier molecular flexibility index (Phi) is 2.38. The summed E-state index contributed by atoms with van der Waals surface area (Å²) in [5.41, 5.74) is 0. The smallest absolute Gasteiger partial charge is 0.122 e. The highest BCUT2D eigenvalue weighted by Crippen LogP contribution is 2.15. The molecule has 0 aliphatic rings. The van der Waals surface area contributed by atoms with Crippen LogP contribution in [0, 0.1) is 0 Å². The molecule has 1 rings (SSSR count). The van der Waals surface area contributed by atoms with Crippen LogP contribution < -0.4 is 4.52 Å². The minimum absolute atomic E-state index is 0.831. The molecule has 0 saturated heterocycles. The van der Waals surface area contributed by atoms with Crippen molar-refractivity contribution in [3.05, 3.63) is 24.3 Å². The van der Waals surface area contributed by atoms with Crippen LogP contribution in [0.15, 0.2) is 29.2 Å². The summed E-state index contributed by atoms with van der Waals surface area (Å²) >= 11 is 4.11. The predicted octanol–water partition coefficient (Wildman–Crippen LogP) is 2.14. The highest BCUT2D eigenvalue weighted by atomic mass is 32.1. The van der Waals surface area contributed by atoms with Gasteiger partial charge in [0.1, 0.15) is 5.75 Å². The quantitative estimate of drug-likeness (QED) is 0.486. The Morgan fingerprint density at radius 1 is 1.22 bits per heavy atom. The van der Waals surface area contributed by atoms with E-state index in [2.05, 4.69) is 22.1 Å². The lowest BCUT2D eigenvalue weighted by molar-refractivity contribution is 0.645. The molecule has 0 fully saturated rings. The lowest BCUT2D eigenvalue weighted by Crippen LogP contribution is -1.71. The van der Waals surface area contributed by atoms with Crippen molar-refractivity contribution in [1.82, 2.24) is 0 Å². The maximum atomic E-state index is 4.85. The third kappa shape index (κ3) is 1.88. The average molecular weight is 158 g/mol. The molecule has 1 aromatic rings. The van der Waals surface area contributed by atoms with Crippen molar-refractivity contribution in [2.45, 2.75) is 4.90 Å². The molecule has 9 heavy (non-hydrogen) atoms. The number of hydrogen-bond donors (Lipinski definition) is 1. The fraction of sp³-hybridized carbons (Fsp3) is 0. The van der Waals surface area contributed by atoms with Gasteiger partial charge in [0, 0.05) is 4.90 Å². The van der Waals surface area contributed by atoms with Crippen LogP contribution in [0.25, 0.3) is 0 Å². The van der Waals surface area contributed by atoms with Gasteiger partial charge in [-0.3, -0.25) is 0 Å². The SMILES string of the molecule is POc1ccc(S)cc1. The molecule has 0 N–H and O–H groups in total. The summed E-state index contributed by atoms with van der Waals surface area (Å²) < 4.78 is 4.85. The highest BCUT2D eigenvalue weighted by molar-refractivity contribution is 7.80. The van der Waals surface area contributed by atoms with Gasteiger partial charge in [-0.2, -0.15) is 0 Å². The van der Waals surface area contributed by atoms with Crippen molar-refractivity contribution in [3.8, 4) is 5.75 Å². The van der Waals surface area contributed by atoms with E-state index in [1.54, 1.807) is 0 Å². The number of rotatable bonds is 1. The molecule has 48 valence electrons. The van der Waals surface area contributed by atoms with Gasteiger partial charge in [-0.1, -0.05) is 0 Å². The fourth-order valence-corrected chi connectivity index (χ4v) is 0.831. The minimum Gasteiger partial charge on any atom is -0.480 e. The third-order valence-electron chi connectivity index (χ3n) is 0.973. The third-order valence-corrected chi connectivity index (χ3v) is 1.54. The summed E-state index contributed by atoms with van der Waals surface area (Å²) in [4.78, 5) is 0.945. The molecule has 0 spiro atoms. The van der Waals surface area contributed by atoms with E-state index < -0.39 is 0 Å². The van der Waals surface area contributed by atoms with Crippen LogP contribution in [0.1, 0.15) is 0 Å². The number of hydrogen-bond acceptors (Lipinski definition) is 2. The van der Waals surface area contributed by atoms with Gasteiger partial charge in [0.25, 0.3) is 0 Å². The Bertz CT molecular complexity index is 185. The van der Waals surface area contributed by atoms with Gasteiger partial charge >= 0.3 is 0 Å². The zero-order valence-corrected chi connectivity index (χ0v) is 6.79. The van der Waals surface area contributed by atoms with Crippen LogP contribution in [-0.2, 0) is 0 Å². The van der Waals surface area contributed by atoms with Crippen LogP contribution in [-0.4, -0.2) is 0 Å². The highest BCUT2D eigenvalue weighted by Gasteiger charge is 1.86. The van der Waals surface area contributed by atoms with Gasteiger partial charge < -0.3 is 4.52 Å². The molecule has 3 heteroatoms. The molecule has 0 aliphatic carbocycles. The van der Waals surface area contributed by atoms with Gasteiger partial charge in [-0.25, -0.2) is 0 Å². The summed E-state index contributed by atoms with van der Waals surface area (Å²) in [5, 5.41) is 0. The monoisotopic (exact) mass is 158 g/mol. The molecule has 0 aromatic heterocycles. The molecule has 0 aliphatic heterocycles. The van der Waals surface area contributed by atoms with E-state index in [0.29, 0.717) is 0 Å². The summed E-state index contributed by atoms with van der Waals surface area (Å²) in [6, 6.07) is 7.47. The van der Waals surface area contributed by atoms with Crippen LogP contribution >= 0.6 is 22.1 Å². The second-order valence-corrected chi connectivity index (χ2v) is 2.36. The second-order valence-electron chi connectivity index (χ2n) is 1.61. The molecule has 0 bridgehead atoms. The molecule has 0 heterocycles. The minimum atomic E-state index is 0.831. The maximum absolute atomic E-state index is 4.85. The molecule has 1 unspecified atom stereocenters. The van der Waals surface area contributed by atoms with E-state index in [4.69, 9.17) is 4.52 Å². The lowest BCUT2D eigenvalue weighted by Gasteiger charge is -1.96. The molecule has 1 nitrogen and oxygen atoms in total. The van der Waals surface area contributed by atoms with Gasteiger partial charge in [-0.05, 0) is 24.3 Å². The summed E-state index contributed by atoms with van der Waals surface area (Å²) in [7, 11) is 2.18. The molecule has 1 aromatic carbocycles.